The Labute approximate surface area is 173 Å². The van der Waals surface area contributed by atoms with Gasteiger partial charge in [-0.2, -0.15) is 4.68 Å². The van der Waals surface area contributed by atoms with Crippen LogP contribution >= 0.6 is 0 Å². The highest BCUT2D eigenvalue weighted by Crippen LogP contribution is 2.42. The molecule has 0 amide bonds. The first-order chi connectivity index (χ1) is 13.9. The van der Waals surface area contributed by atoms with Crippen molar-refractivity contribution in [2.24, 2.45) is 5.92 Å². The van der Waals surface area contributed by atoms with E-state index in [4.69, 9.17) is 0 Å². The number of nitrogens with zero attached hydrogens (tertiary/aromatic N) is 4. The summed E-state index contributed by atoms with van der Waals surface area (Å²) < 4.78 is 1.95. The molecule has 5 nitrogen and oxygen atoms in total. The smallest absolute Gasteiger partial charge is 0.181 e. The number of nitrogens with one attached hydrogen (secondary N) is 1. The quantitative estimate of drug-likeness (QED) is 0.648. The zero-order valence-electron chi connectivity index (χ0n) is 18.2. The monoisotopic (exact) mass is 389 g/mol. The van der Waals surface area contributed by atoms with Gasteiger partial charge < -0.3 is 5.32 Å². The second-order valence-electron chi connectivity index (χ2n) is 8.90. The van der Waals surface area contributed by atoms with Crippen molar-refractivity contribution in [2.45, 2.75) is 65.8 Å². The van der Waals surface area contributed by atoms with Gasteiger partial charge in [-0.3, -0.25) is 0 Å². The average molecular weight is 390 g/mol. The Kier molecular flexibility index (Phi) is 5.15. The maximum absolute atomic E-state index is 4.56. The minimum atomic E-state index is -0.271. The molecule has 1 aliphatic carbocycles. The van der Waals surface area contributed by atoms with Gasteiger partial charge >= 0.3 is 0 Å². The highest BCUT2D eigenvalue weighted by molar-refractivity contribution is 5.52. The first kappa shape index (κ1) is 19.6. The van der Waals surface area contributed by atoms with E-state index >= 15 is 0 Å². The summed E-state index contributed by atoms with van der Waals surface area (Å²) in [6.45, 7) is 10.9. The summed E-state index contributed by atoms with van der Waals surface area (Å²) in [7, 11) is 0. The van der Waals surface area contributed by atoms with Gasteiger partial charge in [0.15, 0.2) is 5.82 Å². The summed E-state index contributed by atoms with van der Waals surface area (Å²) in [6.07, 6.45) is 4.37. The van der Waals surface area contributed by atoms with Crippen molar-refractivity contribution in [3.63, 3.8) is 0 Å². The number of benzene rings is 2. The van der Waals surface area contributed by atoms with E-state index in [0.29, 0.717) is 0 Å². The molecule has 1 N–H and O–H groups in total. The van der Waals surface area contributed by atoms with E-state index in [1.54, 1.807) is 0 Å². The van der Waals surface area contributed by atoms with Gasteiger partial charge in [-0.1, -0.05) is 25.1 Å². The van der Waals surface area contributed by atoms with E-state index in [9.17, 15) is 0 Å². The predicted octanol–water partition coefficient (Wildman–Crippen LogP) is 5.41. The van der Waals surface area contributed by atoms with Gasteiger partial charge in [-0.25, -0.2) is 0 Å². The van der Waals surface area contributed by atoms with Crippen LogP contribution in [0.4, 0.5) is 5.69 Å². The van der Waals surface area contributed by atoms with Crippen LogP contribution < -0.4 is 5.32 Å². The van der Waals surface area contributed by atoms with Gasteiger partial charge in [0.1, 0.15) is 0 Å². The van der Waals surface area contributed by atoms with Crippen molar-refractivity contribution in [1.82, 2.24) is 20.2 Å². The lowest BCUT2D eigenvalue weighted by Crippen LogP contribution is -2.41. The Morgan fingerprint density at radius 1 is 1.00 bits per heavy atom. The number of tetrazole rings is 1. The van der Waals surface area contributed by atoms with Crippen LogP contribution in [0.25, 0.3) is 5.69 Å². The fraction of sp³-hybridized carbons (Fsp3) is 0.458. The van der Waals surface area contributed by atoms with Crippen molar-refractivity contribution in [3.05, 3.63) is 64.5 Å². The molecule has 1 aliphatic rings. The minimum Gasteiger partial charge on any atom is -0.373 e. The van der Waals surface area contributed by atoms with Crippen LogP contribution in [0, 0.1) is 33.6 Å². The van der Waals surface area contributed by atoms with E-state index in [-0.39, 0.29) is 5.54 Å². The van der Waals surface area contributed by atoms with Crippen molar-refractivity contribution in [3.8, 4) is 5.69 Å². The number of hydrogen-bond donors (Lipinski definition) is 1. The van der Waals surface area contributed by atoms with Crippen LogP contribution in [0.2, 0.25) is 0 Å². The van der Waals surface area contributed by atoms with Crippen molar-refractivity contribution >= 4 is 5.69 Å². The Balaban J connectivity index is 1.81. The normalized spacial score (nSPS) is 21.9. The summed E-state index contributed by atoms with van der Waals surface area (Å²) >= 11 is 0. The molecular formula is C24H31N5. The summed E-state index contributed by atoms with van der Waals surface area (Å²) in [5.74, 6) is 1.64. The molecule has 1 aromatic heterocycles. The molecule has 1 fully saturated rings. The molecule has 1 heterocycles. The molecule has 0 spiro atoms. The van der Waals surface area contributed by atoms with E-state index in [1.165, 1.54) is 22.3 Å². The molecule has 0 bridgehead atoms. The van der Waals surface area contributed by atoms with E-state index in [1.807, 2.05) is 4.68 Å². The second-order valence-corrected chi connectivity index (χ2v) is 8.90. The molecule has 0 atom stereocenters. The predicted molar refractivity (Wildman–Crippen MR) is 117 cm³/mol. The number of hydrogen-bond acceptors (Lipinski definition) is 4. The van der Waals surface area contributed by atoms with Gasteiger partial charge in [0.25, 0.3) is 0 Å². The molecule has 1 saturated carbocycles. The van der Waals surface area contributed by atoms with E-state index < -0.39 is 0 Å². The Morgan fingerprint density at radius 3 is 2.38 bits per heavy atom. The molecular weight excluding hydrogens is 358 g/mol. The summed E-state index contributed by atoms with van der Waals surface area (Å²) in [6, 6.07) is 13.0. The van der Waals surface area contributed by atoms with Crippen molar-refractivity contribution < 1.29 is 0 Å². The lowest BCUT2D eigenvalue weighted by molar-refractivity contribution is 0.255. The molecule has 0 radical (unpaired) electrons. The topological polar surface area (TPSA) is 55.6 Å². The molecule has 0 aliphatic heterocycles. The lowest BCUT2D eigenvalue weighted by atomic mass is 9.76. The SMILES string of the molecule is Cc1cc(C)cc(NC2(c3nnnn3-c3cccc(C)c3C)CCC(C)CC2)c1. The summed E-state index contributed by atoms with van der Waals surface area (Å²) in [5, 5.41) is 17.0. The highest BCUT2D eigenvalue weighted by atomic mass is 15.6. The van der Waals surface area contributed by atoms with Crippen LogP contribution in [-0.2, 0) is 5.54 Å². The average Bonchev–Trinajstić information content (AvgIpc) is 3.15. The molecule has 5 heteroatoms. The second kappa shape index (κ2) is 7.62. The number of anilines is 1. The summed E-state index contributed by atoms with van der Waals surface area (Å²) in [4.78, 5) is 0. The first-order valence-corrected chi connectivity index (χ1v) is 10.6. The van der Waals surface area contributed by atoms with Crippen LogP contribution in [0.15, 0.2) is 36.4 Å². The third kappa shape index (κ3) is 3.78. The molecule has 0 unspecified atom stereocenters. The zero-order chi connectivity index (χ0) is 20.6. The summed E-state index contributed by atoms with van der Waals surface area (Å²) in [5.41, 5.74) is 6.93. The van der Waals surface area contributed by atoms with Gasteiger partial charge in [-0.15, -0.1) is 5.10 Å². The molecule has 4 rings (SSSR count). The maximum Gasteiger partial charge on any atom is 0.181 e. The number of aryl methyl sites for hydroxylation is 3. The lowest BCUT2D eigenvalue weighted by Gasteiger charge is -2.40. The van der Waals surface area contributed by atoms with E-state index in [0.717, 1.165) is 48.8 Å². The van der Waals surface area contributed by atoms with Gasteiger partial charge in [-0.05, 0) is 110 Å². The molecule has 2 aromatic carbocycles. The van der Waals surface area contributed by atoms with Crippen LogP contribution in [0.3, 0.4) is 0 Å². The van der Waals surface area contributed by atoms with E-state index in [2.05, 4.69) is 91.9 Å². The van der Waals surface area contributed by atoms with Crippen LogP contribution in [-0.4, -0.2) is 20.2 Å². The Bertz CT molecular complexity index is 992. The largest absolute Gasteiger partial charge is 0.373 e. The fourth-order valence-corrected chi connectivity index (χ4v) is 4.60. The molecule has 29 heavy (non-hydrogen) atoms. The highest BCUT2D eigenvalue weighted by Gasteiger charge is 2.41. The number of rotatable bonds is 4. The van der Waals surface area contributed by atoms with Crippen LogP contribution in [0.1, 0.15) is 60.7 Å². The molecule has 0 saturated heterocycles. The zero-order valence-corrected chi connectivity index (χ0v) is 18.2. The number of aromatic nitrogens is 4. The van der Waals surface area contributed by atoms with Crippen molar-refractivity contribution in [2.75, 3.05) is 5.32 Å². The van der Waals surface area contributed by atoms with Gasteiger partial charge in [0.05, 0.1) is 11.2 Å². The third-order valence-corrected chi connectivity index (χ3v) is 6.43. The van der Waals surface area contributed by atoms with Gasteiger partial charge in [0, 0.05) is 5.69 Å². The molecule has 152 valence electrons. The Morgan fingerprint density at radius 2 is 1.69 bits per heavy atom. The van der Waals surface area contributed by atoms with Gasteiger partial charge in [0.2, 0.25) is 0 Å². The standard InChI is InChI=1S/C24H31N5/c1-16-9-11-24(12-10-16,25-21-14-17(2)13-18(3)15-21)23-26-27-28-29(23)22-8-6-7-19(4)20(22)5/h6-8,13-16,25H,9-12H2,1-5H3. The first-order valence-electron chi connectivity index (χ1n) is 10.6. The van der Waals surface area contributed by atoms with Crippen LogP contribution in [0.5, 0.6) is 0 Å². The third-order valence-electron chi connectivity index (χ3n) is 6.43. The van der Waals surface area contributed by atoms with Crippen molar-refractivity contribution in [1.29, 1.82) is 0 Å². The Hall–Kier alpha value is -2.69. The maximum atomic E-state index is 4.56. The fourth-order valence-electron chi connectivity index (χ4n) is 4.60. The molecule has 3 aromatic rings. The minimum absolute atomic E-state index is 0.271.